The monoisotopic (exact) mass is 246 g/mol. The lowest BCUT2D eigenvalue weighted by Crippen LogP contribution is -2.49. The molecule has 0 saturated carbocycles. The maximum absolute atomic E-state index is 11.4. The summed E-state index contributed by atoms with van der Waals surface area (Å²) in [7, 11) is 0. The minimum absolute atomic E-state index is 0.0588. The number of ether oxygens (including phenoxy) is 2. The SMILES string of the molecule is O=C(O)C1(OC2CCOCC2)CCCSC1. The van der Waals surface area contributed by atoms with Crippen molar-refractivity contribution in [1.29, 1.82) is 0 Å². The van der Waals surface area contributed by atoms with E-state index in [1.54, 1.807) is 11.8 Å². The Morgan fingerprint density at radius 2 is 2.19 bits per heavy atom. The molecule has 0 aromatic heterocycles. The van der Waals surface area contributed by atoms with Crippen molar-refractivity contribution >= 4 is 17.7 Å². The van der Waals surface area contributed by atoms with Crippen molar-refractivity contribution in [2.75, 3.05) is 24.7 Å². The molecule has 5 heteroatoms. The van der Waals surface area contributed by atoms with E-state index in [2.05, 4.69) is 0 Å². The van der Waals surface area contributed by atoms with Gasteiger partial charge in [0.05, 0.1) is 6.10 Å². The Bertz CT molecular complexity index is 244. The largest absolute Gasteiger partial charge is 0.479 e. The Balaban J connectivity index is 1.98. The van der Waals surface area contributed by atoms with E-state index in [-0.39, 0.29) is 6.10 Å². The molecule has 2 fully saturated rings. The summed E-state index contributed by atoms with van der Waals surface area (Å²) >= 11 is 1.68. The van der Waals surface area contributed by atoms with E-state index in [0.29, 0.717) is 25.4 Å². The van der Waals surface area contributed by atoms with Crippen molar-refractivity contribution < 1.29 is 19.4 Å². The first-order valence-corrected chi connectivity index (χ1v) is 6.95. The molecule has 0 aliphatic carbocycles. The Kier molecular flexibility index (Phi) is 4.10. The van der Waals surface area contributed by atoms with E-state index in [0.717, 1.165) is 25.0 Å². The Hall–Kier alpha value is -0.260. The highest BCUT2D eigenvalue weighted by Gasteiger charge is 2.43. The lowest BCUT2D eigenvalue weighted by molar-refractivity contribution is -0.177. The second-order valence-electron chi connectivity index (χ2n) is 4.39. The molecule has 16 heavy (non-hydrogen) atoms. The van der Waals surface area contributed by atoms with Crippen LogP contribution in [0.5, 0.6) is 0 Å². The van der Waals surface area contributed by atoms with Crippen LogP contribution in [-0.4, -0.2) is 47.5 Å². The number of carboxylic acids is 1. The first-order valence-electron chi connectivity index (χ1n) is 5.80. The standard InChI is InChI=1S/C11H18O4S/c12-10(13)11(4-1-7-16-8-11)15-9-2-5-14-6-3-9/h9H,1-8H2,(H,12,13). The molecule has 2 aliphatic heterocycles. The van der Waals surface area contributed by atoms with Crippen LogP contribution in [-0.2, 0) is 14.3 Å². The van der Waals surface area contributed by atoms with Gasteiger partial charge in [-0.3, -0.25) is 0 Å². The van der Waals surface area contributed by atoms with Crippen LogP contribution in [0, 0.1) is 0 Å². The highest BCUT2D eigenvalue weighted by atomic mass is 32.2. The Morgan fingerprint density at radius 3 is 2.75 bits per heavy atom. The molecule has 1 N–H and O–H groups in total. The molecule has 1 atom stereocenters. The summed E-state index contributed by atoms with van der Waals surface area (Å²) in [6.07, 6.45) is 3.27. The highest BCUT2D eigenvalue weighted by molar-refractivity contribution is 7.99. The third kappa shape index (κ3) is 2.70. The van der Waals surface area contributed by atoms with Crippen LogP contribution < -0.4 is 0 Å². The van der Waals surface area contributed by atoms with Gasteiger partial charge in [-0.15, -0.1) is 0 Å². The van der Waals surface area contributed by atoms with Gasteiger partial charge in [-0.1, -0.05) is 0 Å². The predicted octanol–water partition coefficient (Wildman–Crippen LogP) is 1.53. The average Bonchev–Trinajstić information content (AvgIpc) is 2.31. The van der Waals surface area contributed by atoms with Crippen LogP contribution in [0.15, 0.2) is 0 Å². The van der Waals surface area contributed by atoms with Gasteiger partial charge < -0.3 is 14.6 Å². The first kappa shape index (κ1) is 12.2. The van der Waals surface area contributed by atoms with Gasteiger partial charge in [0, 0.05) is 19.0 Å². The number of aliphatic carboxylic acids is 1. The normalized spacial score (nSPS) is 32.5. The van der Waals surface area contributed by atoms with Crippen molar-refractivity contribution in [3.63, 3.8) is 0 Å². The maximum Gasteiger partial charge on any atom is 0.336 e. The van der Waals surface area contributed by atoms with Crippen LogP contribution in [0.3, 0.4) is 0 Å². The number of hydrogen-bond donors (Lipinski definition) is 1. The molecular weight excluding hydrogens is 228 g/mol. The third-order valence-electron chi connectivity index (χ3n) is 3.15. The fourth-order valence-electron chi connectivity index (χ4n) is 2.19. The number of carboxylic acid groups (broad SMARTS) is 1. The van der Waals surface area contributed by atoms with E-state index in [4.69, 9.17) is 9.47 Å². The van der Waals surface area contributed by atoms with Gasteiger partial charge in [0.2, 0.25) is 0 Å². The zero-order valence-corrected chi connectivity index (χ0v) is 10.1. The summed E-state index contributed by atoms with van der Waals surface area (Å²) in [6, 6.07) is 0. The number of carbonyl (C=O) groups is 1. The van der Waals surface area contributed by atoms with Gasteiger partial charge in [0.15, 0.2) is 5.60 Å². The summed E-state index contributed by atoms with van der Waals surface area (Å²) in [5, 5.41) is 9.35. The molecular formula is C11H18O4S. The molecule has 2 heterocycles. The minimum atomic E-state index is -0.940. The van der Waals surface area contributed by atoms with Gasteiger partial charge in [0.1, 0.15) is 0 Å². The Morgan fingerprint density at radius 1 is 1.44 bits per heavy atom. The fourth-order valence-corrected chi connectivity index (χ4v) is 3.35. The summed E-state index contributed by atoms with van der Waals surface area (Å²) in [6.45, 7) is 1.38. The summed E-state index contributed by atoms with van der Waals surface area (Å²) in [5.41, 5.74) is -0.940. The molecule has 1 unspecified atom stereocenters. The fraction of sp³-hybridized carbons (Fsp3) is 0.909. The quantitative estimate of drug-likeness (QED) is 0.818. The number of rotatable bonds is 3. The van der Waals surface area contributed by atoms with Crippen molar-refractivity contribution in [3.8, 4) is 0 Å². The minimum Gasteiger partial charge on any atom is -0.479 e. The summed E-state index contributed by atoms with van der Waals surface area (Å²) in [5.74, 6) is 0.831. The first-order chi connectivity index (χ1) is 7.73. The lowest BCUT2D eigenvalue weighted by Gasteiger charge is -2.37. The molecule has 4 nitrogen and oxygen atoms in total. The third-order valence-corrected chi connectivity index (χ3v) is 4.40. The zero-order valence-electron chi connectivity index (χ0n) is 9.31. The maximum atomic E-state index is 11.4. The predicted molar refractivity (Wildman–Crippen MR) is 61.9 cm³/mol. The van der Waals surface area contributed by atoms with Crippen LogP contribution in [0.1, 0.15) is 25.7 Å². The van der Waals surface area contributed by atoms with Crippen molar-refractivity contribution in [3.05, 3.63) is 0 Å². The highest BCUT2D eigenvalue weighted by Crippen LogP contribution is 2.33. The molecule has 0 radical (unpaired) electrons. The lowest BCUT2D eigenvalue weighted by atomic mass is 9.98. The summed E-state index contributed by atoms with van der Waals surface area (Å²) in [4.78, 5) is 11.4. The molecule has 92 valence electrons. The molecule has 0 aromatic rings. The smallest absolute Gasteiger partial charge is 0.336 e. The molecule has 2 rings (SSSR count). The average molecular weight is 246 g/mol. The molecule has 2 aliphatic rings. The van der Waals surface area contributed by atoms with Crippen LogP contribution in [0.25, 0.3) is 0 Å². The van der Waals surface area contributed by atoms with Crippen molar-refractivity contribution in [2.45, 2.75) is 37.4 Å². The Labute approximate surface area is 99.7 Å². The van der Waals surface area contributed by atoms with Gasteiger partial charge in [-0.25, -0.2) is 4.79 Å². The van der Waals surface area contributed by atoms with E-state index < -0.39 is 11.6 Å². The van der Waals surface area contributed by atoms with Gasteiger partial charge >= 0.3 is 5.97 Å². The molecule has 0 spiro atoms. The van der Waals surface area contributed by atoms with Crippen LogP contribution >= 0.6 is 11.8 Å². The molecule has 0 aromatic carbocycles. The van der Waals surface area contributed by atoms with E-state index in [1.807, 2.05) is 0 Å². The van der Waals surface area contributed by atoms with Crippen LogP contribution in [0.2, 0.25) is 0 Å². The van der Waals surface area contributed by atoms with Gasteiger partial charge in [-0.05, 0) is 31.4 Å². The van der Waals surface area contributed by atoms with E-state index >= 15 is 0 Å². The number of hydrogen-bond acceptors (Lipinski definition) is 4. The summed E-state index contributed by atoms with van der Waals surface area (Å²) < 4.78 is 11.1. The van der Waals surface area contributed by atoms with Gasteiger partial charge in [-0.2, -0.15) is 11.8 Å². The topological polar surface area (TPSA) is 55.8 Å². The number of thioether (sulfide) groups is 1. The van der Waals surface area contributed by atoms with Crippen LogP contribution in [0.4, 0.5) is 0 Å². The zero-order chi connectivity index (χ0) is 11.4. The molecule has 2 saturated heterocycles. The van der Waals surface area contributed by atoms with Crippen molar-refractivity contribution in [1.82, 2.24) is 0 Å². The van der Waals surface area contributed by atoms with E-state index in [1.165, 1.54) is 0 Å². The molecule has 0 amide bonds. The van der Waals surface area contributed by atoms with Crippen molar-refractivity contribution in [2.24, 2.45) is 0 Å². The van der Waals surface area contributed by atoms with E-state index in [9.17, 15) is 9.90 Å². The molecule has 0 bridgehead atoms. The van der Waals surface area contributed by atoms with Gasteiger partial charge in [0.25, 0.3) is 0 Å². The second kappa shape index (κ2) is 5.38. The second-order valence-corrected chi connectivity index (χ2v) is 5.49.